The van der Waals surface area contributed by atoms with E-state index in [2.05, 4.69) is 44.4 Å². The number of rotatable bonds is 3. The molecule has 6 heteroatoms. The third kappa shape index (κ3) is 2.96. The van der Waals surface area contributed by atoms with Crippen LogP contribution in [0, 0.1) is 6.92 Å². The Morgan fingerprint density at radius 2 is 2.26 bits per heavy atom. The fourth-order valence-electron chi connectivity index (χ4n) is 2.48. The average molecular weight is 294 g/mol. The molecule has 0 aromatic carbocycles. The summed E-state index contributed by atoms with van der Waals surface area (Å²) in [7, 11) is 0. The summed E-state index contributed by atoms with van der Waals surface area (Å²) in [5.41, 5.74) is 4.22. The Hall–Kier alpha value is -0.980. The molecule has 0 unspecified atom stereocenters. The summed E-state index contributed by atoms with van der Waals surface area (Å²) in [6.45, 7) is 8.53. The van der Waals surface area contributed by atoms with Gasteiger partial charge in [-0.15, -0.1) is 22.7 Å². The maximum Gasteiger partial charge on any atom is 0.185 e. The lowest BCUT2D eigenvalue weighted by Gasteiger charge is -2.39. The first-order valence-corrected chi connectivity index (χ1v) is 8.33. The van der Waals surface area contributed by atoms with Crippen molar-refractivity contribution in [2.24, 2.45) is 0 Å². The lowest BCUT2D eigenvalue weighted by Crippen LogP contribution is -2.51. The molecule has 102 valence electrons. The first-order chi connectivity index (χ1) is 9.22. The summed E-state index contributed by atoms with van der Waals surface area (Å²) >= 11 is 3.42. The molecule has 0 spiro atoms. The zero-order chi connectivity index (χ0) is 13.2. The van der Waals surface area contributed by atoms with Crippen LogP contribution < -0.4 is 4.90 Å². The molecule has 19 heavy (non-hydrogen) atoms. The first-order valence-electron chi connectivity index (χ1n) is 6.50. The monoisotopic (exact) mass is 294 g/mol. The van der Waals surface area contributed by atoms with E-state index in [1.807, 2.05) is 5.51 Å². The van der Waals surface area contributed by atoms with E-state index >= 15 is 0 Å². The molecule has 1 aliphatic rings. The lowest BCUT2D eigenvalue weighted by atomic mass is 10.2. The maximum absolute atomic E-state index is 4.60. The highest BCUT2D eigenvalue weighted by Crippen LogP contribution is 2.25. The van der Waals surface area contributed by atoms with Crippen molar-refractivity contribution in [1.29, 1.82) is 0 Å². The minimum Gasteiger partial charge on any atom is -0.343 e. The highest BCUT2D eigenvalue weighted by molar-refractivity contribution is 7.13. The van der Waals surface area contributed by atoms with Crippen molar-refractivity contribution in [2.45, 2.75) is 26.4 Å². The summed E-state index contributed by atoms with van der Waals surface area (Å²) in [4.78, 5) is 13.9. The van der Waals surface area contributed by atoms with E-state index in [9.17, 15) is 0 Å². The van der Waals surface area contributed by atoms with Crippen LogP contribution in [-0.4, -0.2) is 40.5 Å². The first kappa shape index (κ1) is 13.0. The topological polar surface area (TPSA) is 32.3 Å². The Balaban J connectivity index is 1.62. The standard InChI is InChI=1S/C13H18N4S2/c1-10-7-19-13(15-10)17-4-3-16(5-11(17)2)6-12-8-18-9-14-12/h7-9,11H,3-6H2,1-2H3/t11-/m1/s1. The zero-order valence-corrected chi connectivity index (χ0v) is 12.9. The molecule has 0 amide bonds. The van der Waals surface area contributed by atoms with Crippen molar-refractivity contribution in [3.63, 3.8) is 0 Å². The van der Waals surface area contributed by atoms with E-state index in [0.29, 0.717) is 6.04 Å². The van der Waals surface area contributed by atoms with Crippen molar-refractivity contribution in [1.82, 2.24) is 14.9 Å². The van der Waals surface area contributed by atoms with E-state index in [4.69, 9.17) is 0 Å². The van der Waals surface area contributed by atoms with Gasteiger partial charge in [0.2, 0.25) is 0 Å². The van der Waals surface area contributed by atoms with E-state index in [1.165, 1.54) is 10.8 Å². The van der Waals surface area contributed by atoms with Gasteiger partial charge >= 0.3 is 0 Å². The van der Waals surface area contributed by atoms with Crippen molar-refractivity contribution in [3.8, 4) is 0 Å². The van der Waals surface area contributed by atoms with Gasteiger partial charge in [0, 0.05) is 43.0 Å². The SMILES string of the molecule is Cc1csc(N2CCN(Cc3cscn3)C[C@H]2C)n1. The second-order valence-electron chi connectivity index (χ2n) is 5.03. The summed E-state index contributed by atoms with van der Waals surface area (Å²) < 4.78 is 0. The molecule has 1 saturated heterocycles. The van der Waals surface area contributed by atoms with Crippen LogP contribution in [0.25, 0.3) is 0 Å². The summed E-state index contributed by atoms with van der Waals surface area (Å²) in [5, 5.41) is 5.43. The van der Waals surface area contributed by atoms with Gasteiger partial charge in [-0.2, -0.15) is 0 Å². The number of piperazine rings is 1. The van der Waals surface area contributed by atoms with E-state index in [1.54, 1.807) is 22.7 Å². The molecular formula is C13H18N4S2. The Bertz CT molecular complexity index is 522. The molecule has 0 aliphatic carbocycles. The van der Waals surface area contributed by atoms with Crippen LogP contribution in [0.3, 0.4) is 0 Å². The van der Waals surface area contributed by atoms with Gasteiger partial charge in [0.05, 0.1) is 16.9 Å². The Labute approximate surface area is 121 Å². The van der Waals surface area contributed by atoms with Gasteiger partial charge in [0.15, 0.2) is 5.13 Å². The smallest absolute Gasteiger partial charge is 0.185 e. The highest BCUT2D eigenvalue weighted by Gasteiger charge is 2.25. The number of hydrogen-bond acceptors (Lipinski definition) is 6. The molecule has 0 saturated carbocycles. The quantitative estimate of drug-likeness (QED) is 0.871. The van der Waals surface area contributed by atoms with Crippen molar-refractivity contribution in [2.75, 3.05) is 24.5 Å². The molecular weight excluding hydrogens is 276 g/mol. The van der Waals surface area contributed by atoms with Gasteiger partial charge in [-0.25, -0.2) is 9.97 Å². The predicted molar refractivity (Wildman–Crippen MR) is 81.1 cm³/mol. The minimum absolute atomic E-state index is 0.512. The van der Waals surface area contributed by atoms with Gasteiger partial charge in [0.25, 0.3) is 0 Å². The average Bonchev–Trinajstić information content (AvgIpc) is 3.01. The van der Waals surface area contributed by atoms with Gasteiger partial charge in [0.1, 0.15) is 0 Å². The number of hydrogen-bond donors (Lipinski definition) is 0. The fourth-order valence-corrected chi connectivity index (χ4v) is 3.96. The van der Waals surface area contributed by atoms with Gasteiger partial charge < -0.3 is 4.90 Å². The molecule has 2 aromatic heterocycles. The normalized spacial score (nSPS) is 20.9. The number of aromatic nitrogens is 2. The van der Waals surface area contributed by atoms with E-state index in [0.717, 1.165) is 31.9 Å². The van der Waals surface area contributed by atoms with Crippen LogP contribution in [0.1, 0.15) is 18.3 Å². The second kappa shape index (κ2) is 5.56. The van der Waals surface area contributed by atoms with Crippen LogP contribution in [0.4, 0.5) is 5.13 Å². The Morgan fingerprint density at radius 1 is 1.37 bits per heavy atom. The minimum atomic E-state index is 0.512. The van der Waals surface area contributed by atoms with Crippen molar-refractivity contribution >= 4 is 27.8 Å². The van der Waals surface area contributed by atoms with Crippen molar-refractivity contribution in [3.05, 3.63) is 27.7 Å². The number of nitrogens with zero attached hydrogens (tertiary/aromatic N) is 4. The summed E-state index contributed by atoms with van der Waals surface area (Å²) in [6.07, 6.45) is 0. The Kier molecular flexibility index (Phi) is 3.81. The van der Waals surface area contributed by atoms with Gasteiger partial charge in [-0.05, 0) is 13.8 Å². The number of thiazole rings is 2. The van der Waals surface area contributed by atoms with Gasteiger partial charge in [-0.1, -0.05) is 0 Å². The molecule has 3 rings (SSSR count). The molecule has 1 fully saturated rings. The molecule has 2 aromatic rings. The van der Waals surface area contributed by atoms with Crippen LogP contribution in [-0.2, 0) is 6.54 Å². The van der Waals surface area contributed by atoms with E-state index in [-0.39, 0.29) is 0 Å². The zero-order valence-electron chi connectivity index (χ0n) is 11.2. The van der Waals surface area contributed by atoms with Crippen LogP contribution in [0.15, 0.2) is 16.3 Å². The predicted octanol–water partition coefficient (Wildman–Crippen LogP) is 2.62. The van der Waals surface area contributed by atoms with Gasteiger partial charge in [-0.3, -0.25) is 4.90 Å². The lowest BCUT2D eigenvalue weighted by molar-refractivity contribution is 0.219. The molecule has 0 radical (unpaired) electrons. The second-order valence-corrected chi connectivity index (χ2v) is 6.58. The molecule has 0 N–H and O–H groups in total. The number of aryl methyl sites for hydroxylation is 1. The highest BCUT2D eigenvalue weighted by atomic mass is 32.1. The van der Waals surface area contributed by atoms with Crippen LogP contribution in [0.5, 0.6) is 0 Å². The van der Waals surface area contributed by atoms with Crippen molar-refractivity contribution < 1.29 is 0 Å². The maximum atomic E-state index is 4.60. The van der Waals surface area contributed by atoms with E-state index < -0.39 is 0 Å². The molecule has 3 heterocycles. The fraction of sp³-hybridized carbons (Fsp3) is 0.538. The van der Waals surface area contributed by atoms with Crippen LogP contribution >= 0.6 is 22.7 Å². The Morgan fingerprint density at radius 3 is 2.89 bits per heavy atom. The third-order valence-corrected chi connectivity index (χ3v) is 5.06. The van der Waals surface area contributed by atoms with Crippen LogP contribution in [0.2, 0.25) is 0 Å². The molecule has 1 aliphatic heterocycles. The number of anilines is 1. The molecule has 0 bridgehead atoms. The summed E-state index contributed by atoms with van der Waals surface area (Å²) in [5.74, 6) is 0. The third-order valence-electron chi connectivity index (χ3n) is 3.43. The molecule has 1 atom stereocenters. The summed E-state index contributed by atoms with van der Waals surface area (Å²) in [6, 6.07) is 0.512. The largest absolute Gasteiger partial charge is 0.343 e. The molecule has 4 nitrogen and oxygen atoms in total.